The average Bonchev–Trinajstić information content (AvgIpc) is 2.66. The van der Waals surface area contributed by atoms with Crippen molar-refractivity contribution in [1.29, 1.82) is 0 Å². The molecule has 2 saturated carbocycles. The van der Waals surface area contributed by atoms with E-state index in [-0.39, 0.29) is 18.1 Å². The topological polar surface area (TPSA) is 49.4 Å². The SMILES string of the molecule is O=[C]N(C(=O)NC1CCC1)C1CCCC1. The van der Waals surface area contributed by atoms with Gasteiger partial charge in [-0.3, -0.25) is 9.69 Å². The van der Waals surface area contributed by atoms with Gasteiger partial charge in [0.1, 0.15) is 0 Å². The first kappa shape index (κ1) is 10.5. The Balaban J connectivity index is 1.86. The van der Waals surface area contributed by atoms with E-state index in [4.69, 9.17) is 0 Å². The monoisotopic (exact) mass is 209 g/mol. The molecule has 0 aromatic carbocycles. The number of nitrogens with zero attached hydrogens (tertiary/aromatic N) is 1. The number of imide groups is 1. The number of hydrogen-bond donors (Lipinski definition) is 1. The molecule has 1 N–H and O–H groups in total. The van der Waals surface area contributed by atoms with Crippen molar-refractivity contribution in [1.82, 2.24) is 10.2 Å². The summed E-state index contributed by atoms with van der Waals surface area (Å²) in [6.07, 6.45) is 9.13. The number of hydrogen-bond acceptors (Lipinski definition) is 2. The van der Waals surface area contributed by atoms with Gasteiger partial charge in [-0.25, -0.2) is 4.79 Å². The number of amides is 3. The van der Waals surface area contributed by atoms with Gasteiger partial charge in [0.2, 0.25) is 0 Å². The lowest BCUT2D eigenvalue weighted by molar-refractivity contribution is 0.194. The van der Waals surface area contributed by atoms with Gasteiger partial charge in [-0.2, -0.15) is 0 Å². The molecule has 0 bridgehead atoms. The number of rotatable bonds is 3. The highest BCUT2D eigenvalue weighted by Gasteiger charge is 2.29. The molecule has 4 nitrogen and oxygen atoms in total. The summed E-state index contributed by atoms with van der Waals surface area (Å²) in [5.41, 5.74) is 0. The molecule has 15 heavy (non-hydrogen) atoms. The summed E-state index contributed by atoms with van der Waals surface area (Å²) in [5, 5.41) is 2.87. The second-order valence-corrected chi connectivity index (χ2v) is 4.48. The molecule has 83 valence electrons. The summed E-state index contributed by atoms with van der Waals surface area (Å²) >= 11 is 0. The molecule has 0 spiro atoms. The predicted molar refractivity (Wildman–Crippen MR) is 56.0 cm³/mol. The fourth-order valence-corrected chi connectivity index (χ4v) is 2.24. The molecular weight excluding hydrogens is 192 g/mol. The lowest BCUT2D eigenvalue weighted by Gasteiger charge is -2.30. The van der Waals surface area contributed by atoms with E-state index in [1.807, 2.05) is 0 Å². The highest BCUT2D eigenvalue weighted by Crippen LogP contribution is 2.23. The van der Waals surface area contributed by atoms with Crippen LogP contribution in [-0.2, 0) is 4.79 Å². The van der Waals surface area contributed by atoms with Crippen LogP contribution in [0.3, 0.4) is 0 Å². The Hall–Kier alpha value is -1.06. The van der Waals surface area contributed by atoms with Crippen LogP contribution in [0, 0.1) is 0 Å². The molecule has 0 atom stereocenters. The Morgan fingerprint density at radius 1 is 1.13 bits per heavy atom. The fourth-order valence-electron chi connectivity index (χ4n) is 2.24. The summed E-state index contributed by atoms with van der Waals surface area (Å²) in [4.78, 5) is 23.7. The molecule has 0 aromatic rings. The van der Waals surface area contributed by atoms with Gasteiger partial charge in [-0.1, -0.05) is 12.8 Å². The minimum absolute atomic E-state index is 0.0857. The van der Waals surface area contributed by atoms with Crippen molar-refractivity contribution >= 4 is 12.4 Å². The molecule has 2 aliphatic rings. The highest BCUT2D eigenvalue weighted by molar-refractivity contribution is 5.85. The summed E-state index contributed by atoms with van der Waals surface area (Å²) in [5.74, 6) is 0. The van der Waals surface area contributed by atoms with E-state index in [2.05, 4.69) is 5.32 Å². The molecule has 0 aromatic heterocycles. The lowest BCUT2D eigenvalue weighted by atomic mass is 9.93. The highest BCUT2D eigenvalue weighted by atomic mass is 16.2. The number of carbonyl (C=O) groups is 1. The van der Waals surface area contributed by atoms with Crippen LogP contribution in [0.5, 0.6) is 0 Å². The molecule has 3 amide bonds. The van der Waals surface area contributed by atoms with E-state index >= 15 is 0 Å². The zero-order chi connectivity index (χ0) is 10.7. The Bertz CT molecular complexity index is 245. The standard InChI is InChI=1S/C11H17N2O2/c14-8-13(10-6-1-2-7-10)11(15)12-9-4-3-5-9/h9-10H,1-7H2,(H,12,15). The van der Waals surface area contributed by atoms with Gasteiger partial charge in [0.05, 0.1) is 0 Å². The molecule has 4 heteroatoms. The molecule has 0 unspecified atom stereocenters. The van der Waals surface area contributed by atoms with Gasteiger partial charge in [0.25, 0.3) is 0 Å². The van der Waals surface area contributed by atoms with E-state index < -0.39 is 0 Å². The smallest absolute Gasteiger partial charge is 0.324 e. The summed E-state index contributed by atoms with van der Waals surface area (Å²) in [6, 6.07) is 0.124. The largest absolute Gasteiger partial charge is 0.335 e. The molecule has 1 radical (unpaired) electrons. The Labute approximate surface area is 90.0 Å². The van der Waals surface area contributed by atoms with Crippen molar-refractivity contribution < 1.29 is 9.59 Å². The van der Waals surface area contributed by atoms with Crippen molar-refractivity contribution in [3.8, 4) is 0 Å². The zero-order valence-electron chi connectivity index (χ0n) is 8.87. The molecule has 2 fully saturated rings. The Morgan fingerprint density at radius 3 is 2.27 bits per heavy atom. The Kier molecular flexibility index (Phi) is 3.23. The first-order chi connectivity index (χ1) is 7.31. The molecule has 2 rings (SSSR count). The molecule has 0 heterocycles. The maximum Gasteiger partial charge on any atom is 0.324 e. The molecule has 2 aliphatic carbocycles. The van der Waals surface area contributed by atoms with Crippen LogP contribution in [-0.4, -0.2) is 29.4 Å². The van der Waals surface area contributed by atoms with Gasteiger partial charge < -0.3 is 5.32 Å². The van der Waals surface area contributed by atoms with E-state index in [0.717, 1.165) is 38.5 Å². The molecular formula is C11H17N2O2. The maximum atomic E-state index is 11.7. The first-order valence-corrected chi connectivity index (χ1v) is 5.79. The van der Waals surface area contributed by atoms with Crippen molar-refractivity contribution in [3.63, 3.8) is 0 Å². The summed E-state index contributed by atoms with van der Waals surface area (Å²) in [7, 11) is 0. The first-order valence-electron chi connectivity index (χ1n) is 5.79. The number of nitrogens with one attached hydrogen (secondary N) is 1. The fraction of sp³-hybridized carbons (Fsp3) is 0.818. The van der Waals surface area contributed by atoms with Gasteiger partial charge in [-0.05, 0) is 32.1 Å². The van der Waals surface area contributed by atoms with Crippen molar-refractivity contribution in [2.24, 2.45) is 0 Å². The van der Waals surface area contributed by atoms with Gasteiger partial charge >= 0.3 is 12.4 Å². The number of urea groups is 1. The maximum absolute atomic E-state index is 11.7. The normalized spacial score (nSPS) is 22.1. The summed E-state index contributed by atoms with van der Waals surface area (Å²) < 4.78 is 0. The van der Waals surface area contributed by atoms with Crippen LogP contribution >= 0.6 is 0 Å². The molecule has 0 saturated heterocycles. The number of carbonyl (C=O) groups excluding carboxylic acids is 2. The second kappa shape index (κ2) is 4.64. The van der Waals surface area contributed by atoms with Crippen LogP contribution in [0.25, 0.3) is 0 Å². The van der Waals surface area contributed by atoms with Crippen LogP contribution < -0.4 is 5.32 Å². The second-order valence-electron chi connectivity index (χ2n) is 4.48. The van der Waals surface area contributed by atoms with Crippen LogP contribution in [0.15, 0.2) is 0 Å². The van der Waals surface area contributed by atoms with E-state index in [1.165, 1.54) is 11.3 Å². The van der Waals surface area contributed by atoms with E-state index in [9.17, 15) is 9.59 Å². The average molecular weight is 209 g/mol. The van der Waals surface area contributed by atoms with E-state index in [1.54, 1.807) is 6.41 Å². The lowest BCUT2D eigenvalue weighted by Crippen LogP contribution is -2.49. The van der Waals surface area contributed by atoms with Crippen molar-refractivity contribution in [2.45, 2.75) is 57.0 Å². The van der Waals surface area contributed by atoms with E-state index in [0.29, 0.717) is 0 Å². The van der Waals surface area contributed by atoms with Crippen molar-refractivity contribution in [2.75, 3.05) is 0 Å². The van der Waals surface area contributed by atoms with Crippen LogP contribution in [0.2, 0.25) is 0 Å². The third kappa shape index (κ3) is 2.30. The predicted octanol–water partition coefficient (Wildman–Crippen LogP) is 1.56. The van der Waals surface area contributed by atoms with Gasteiger partial charge in [0.15, 0.2) is 0 Å². The third-order valence-electron chi connectivity index (χ3n) is 3.44. The molecule has 0 aliphatic heterocycles. The quantitative estimate of drug-likeness (QED) is 0.717. The van der Waals surface area contributed by atoms with Crippen molar-refractivity contribution in [3.05, 3.63) is 0 Å². The zero-order valence-corrected chi connectivity index (χ0v) is 8.87. The van der Waals surface area contributed by atoms with Gasteiger partial charge in [0, 0.05) is 12.1 Å². The minimum atomic E-state index is -0.249. The minimum Gasteiger partial charge on any atom is -0.335 e. The van der Waals surface area contributed by atoms with Gasteiger partial charge in [-0.15, -0.1) is 0 Å². The summed E-state index contributed by atoms with van der Waals surface area (Å²) in [6.45, 7) is 0. The van der Waals surface area contributed by atoms with Crippen LogP contribution in [0.4, 0.5) is 4.79 Å². The Morgan fingerprint density at radius 2 is 1.80 bits per heavy atom. The third-order valence-corrected chi connectivity index (χ3v) is 3.44. The van der Waals surface area contributed by atoms with Crippen LogP contribution in [0.1, 0.15) is 44.9 Å².